The minimum Gasteiger partial charge on any atom is -0.338 e. The number of benzene rings is 3. The molecular formula is C27H26FN3O2S. The van der Waals surface area contributed by atoms with Gasteiger partial charge in [0.05, 0.1) is 28.7 Å². The Hall–Kier alpha value is -3.45. The first-order chi connectivity index (χ1) is 16.4. The number of halogens is 1. The van der Waals surface area contributed by atoms with Crippen LogP contribution in [0, 0.1) is 5.82 Å². The van der Waals surface area contributed by atoms with Gasteiger partial charge in [-0.3, -0.25) is 14.2 Å². The smallest absolute Gasteiger partial charge is 0.262 e. The molecule has 0 aliphatic carbocycles. The zero-order chi connectivity index (χ0) is 24.2. The third-order valence-corrected chi connectivity index (χ3v) is 7.03. The molecule has 0 radical (unpaired) electrons. The van der Waals surface area contributed by atoms with Crippen LogP contribution in [-0.2, 0) is 4.79 Å². The number of carbonyl (C=O) groups is 1. The first-order valence-electron chi connectivity index (χ1n) is 11.1. The summed E-state index contributed by atoms with van der Waals surface area (Å²) in [6.07, 6.45) is 0. The minimum atomic E-state index is -0.312. The Kier molecular flexibility index (Phi) is 7.12. The van der Waals surface area contributed by atoms with Gasteiger partial charge < -0.3 is 4.90 Å². The number of hydrogen-bond donors (Lipinski definition) is 0. The zero-order valence-electron chi connectivity index (χ0n) is 19.3. The molecule has 0 fully saturated rings. The highest BCUT2D eigenvalue weighted by Crippen LogP contribution is 2.26. The summed E-state index contributed by atoms with van der Waals surface area (Å²) in [6.45, 7) is 3.86. The van der Waals surface area contributed by atoms with Crippen molar-refractivity contribution in [2.24, 2.45) is 0 Å². The van der Waals surface area contributed by atoms with Crippen LogP contribution in [-0.4, -0.2) is 33.2 Å². The van der Waals surface area contributed by atoms with E-state index >= 15 is 0 Å². The number of thioether (sulfide) groups is 1. The third kappa shape index (κ3) is 4.89. The van der Waals surface area contributed by atoms with E-state index in [9.17, 15) is 14.0 Å². The van der Waals surface area contributed by atoms with Crippen LogP contribution >= 0.6 is 11.8 Å². The van der Waals surface area contributed by atoms with Gasteiger partial charge in [0.2, 0.25) is 5.91 Å². The second-order valence-corrected chi connectivity index (χ2v) is 9.14. The Balaban J connectivity index is 1.62. The summed E-state index contributed by atoms with van der Waals surface area (Å²) < 4.78 is 14.9. The van der Waals surface area contributed by atoms with Gasteiger partial charge in [0, 0.05) is 7.05 Å². The van der Waals surface area contributed by atoms with Crippen molar-refractivity contribution in [3.8, 4) is 0 Å². The van der Waals surface area contributed by atoms with Crippen molar-refractivity contribution >= 4 is 28.6 Å². The van der Waals surface area contributed by atoms with E-state index in [1.165, 1.54) is 23.9 Å². The second kappa shape index (κ2) is 10.2. The van der Waals surface area contributed by atoms with Crippen LogP contribution in [0.4, 0.5) is 4.39 Å². The quantitative estimate of drug-likeness (QED) is 0.263. The molecule has 5 nitrogen and oxygen atoms in total. The van der Waals surface area contributed by atoms with E-state index in [4.69, 9.17) is 4.98 Å². The lowest BCUT2D eigenvalue weighted by molar-refractivity contribution is -0.128. The summed E-state index contributed by atoms with van der Waals surface area (Å²) in [5.41, 5.74) is 2.30. The number of fused-ring (bicyclic) bond motifs is 1. The first-order valence-corrected chi connectivity index (χ1v) is 12.1. The van der Waals surface area contributed by atoms with Gasteiger partial charge in [0.25, 0.3) is 5.56 Å². The van der Waals surface area contributed by atoms with Crippen LogP contribution in [0.15, 0.2) is 88.8 Å². The Morgan fingerprint density at radius 2 is 1.62 bits per heavy atom. The summed E-state index contributed by atoms with van der Waals surface area (Å²) in [4.78, 5) is 32.8. The number of hydrogen-bond acceptors (Lipinski definition) is 4. The topological polar surface area (TPSA) is 55.2 Å². The Morgan fingerprint density at radius 3 is 2.32 bits per heavy atom. The van der Waals surface area contributed by atoms with Crippen molar-refractivity contribution < 1.29 is 9.18 Å². The first kappa shape index (κ1) is 23.7. The normalized spacial score (nSPS) is 12.9. The molecule has 0 aliphatic heterocycles. The van der Waals surface area contributed by atoms with Gasteiger partial charge in [-0.1, -0.05) is 66.4 Å². The van der Waals surface area contributed by atoms with Crippen molar-refractivity contribution in [2.45, 2.75) is 31.1 Å². The molecule has 1 aromatic heterocycles. The maximum Gasteiger partial charge on any atom is 0.262 e. The molecule has 0 aliphatic rings. The van der Waals surface area contributed by atoms with Crippen molar-refractivity contribution in [1.29, 1.82) is 0 Å². The second-order valence-electron chi connectivity index (χ2n) is 8.19. The molecule has 4 aromatic rings. The van der Waals surface area contributed by atoms with Gasteiger partial charge in [-0.15, -0.1) is 0 Å². The molecule has 34 heavy (non-hydrogen) atoms. The van der Waals surface area contributed by atoms with Crippen molar-refractivity contribution in [3.05, 3.63) is 106 Å². The van der Waals surface area contributed by atoms with E-state index in [0.29, 0.717) is 16.1 Å². The van der Waals surface area contributed by atoms with Crippen LogP contribution in [0.3, 0.4) is 0 Å². The fourth-order valence-electron chi connectivity index (χ4n) is 3.86. The maximum atomic E-state index is 13.4. The van der Waals surface area contributed by atoms with E-state index in [2.05, 4.69) is 0 Å². The molecule has 2 unspecified atom stereocenters. The Labute approximate surface area is 202 Å². The molecule has 0 spiro atoms. The van der Waals surface area contributed by atoms with Gasteiger partial charge in [-0.2, -0.15) is 0 Å². The van der Waals surface area contributed by atoms with Gasteiger partial charge >= 0.3 is 0 Å². The molecule has 3 aromatic carbocycles. The summed E-state index contributed by atoms with van der Waals surface area (Å²) in [5.74, 6) is -0.301. The van der Waals surface area contributed by atoms with Crippen molar-refractivity contribution in [1.82, 2.24) is 14.5 Å². The molecule has 174 valence electrons. The summed E-state index contributed by atoms with van der Waals surface area (Å²) in [5, 5.41) is 1.04. The molecule has 0 saturated carbocycles. The SMILES string of the molecule is CC(c1ccc(F)cc1)N(C)C(=O)CSc1nc2ccccc2c(=O)n1C(C)c1ccccc1. The summed E-state index contributed by atoms with van der Waals surface area (Å²) >= 11 is 1.25. The maximum absolute atomic E-state index is 13.4. The van der Waals surface area contributed by atoms with Crippen LogP contribution < -0.4 is 5.56 Å². The monoisotopic (exact) mass is 475 g/mol. The van der Waals surface area contributed by atoms with Crippen molar-refractivity contribution in [2.75, 3.05) is 12.8 Å². The van der Waals surface area contributed by atoms with Crippen LogP contribution in [0.5, 0.6) is 0 Å². The largest absolute Gasteiger partial charge is 0.338 e. The fourth-order valence-corrected chi connectivity index (χ4v) is 4.86. The lowest BCUT2D eigenvalue weighted by atomic mass is 10.1. The Bertz CT molecular complexity index is 1360. The molecule has 7 heteroatoms. The zero-order valence-corrected chi connectivity index (χ0v) is 20.1. The molecular weight excluding hydrogens is 449 g/mol. The number of para-hydroxylation sites is 1. The average Bonchev–Trinajstić information content (AvgIpc) is 2.87. The highest BCUT2D eigenvalue weighted by Gasteiger charge is 2.21. The number of amides is 1. The predicted octanol–water partition coefficient (Wildman–Crippen LogP) is 5.46. The van der Waals surface area contributed by atoms with Crippen LogP contribution in [0.1, 0.15) is 37.1 Å². The average molecular weight is 476 g/mol. The number of nitrogens with zero attached hydrogens (tertiary/aromatic N) is 3. The standard InChI is InChI=1S/C27H26FN3O2S/c1-18(21-13-15-22(28)16-14-21)30(3)25(32)17-34-27-29-24-12-8-7-11-23(24)26(33)31(27)19(2)20-9-5-4-6-10-20/h4-16,18-19H,17H2,1-3H3. The number of carbonyl (C=O) groups excluding carboxylic acids is 1. The number of rotatable bonds is 7. The molecule has 2 atom stereocenters. The van der Waals surface area contributed by atoms with Gasteiger partial charge in [-0.25, -0.2) is 9.37 Å². The lowest BCUT2D eigenvalue weighted by Gasteiger charge is -2.26. The Morgan fingerprint density at radius 1 is 0.971 bits per heavy atom. The minimum absolute atomic E-state index is 0.108. The van der Waals surface area contributed by atoms with Gasteiger partial charge in [0.15, 0.2) is 5.16 Å². The van der Waals surface area contributed by atoms with E-state index in [-0.39, 0.29) is 35.1 Å². The van der Waals surface area contributed by atoms with Crippen LogP contribution in [0.25, 0.3) is 10.9 Å². The van der Waals surface area contributed by atoms with E-state index in [0.717, 1.165) is 11.1 Å². The highest BCUT2D eigenvalue weighted by atomic mass is 32.2. The fraction of sp³-hybridized carbons (Fsp3) is 0.222. The third-order valence-electron chi connectivity index (χ3n) is 6.10. The van der Waals surface area contributed by atoms with Gasteiger partial charge in [-0.05, 0) is 49.2 Å². The molecule has 4 rings (SSSR count). The van der Waals surface area contributed by atoms with E-state index in [1.807, 2.05) is 62.4 Å². The summed E-state index contributed by atoms with van der Waals surface area (Å²) in [6, 6.07) is 22.7. The van der Waals surface area contributed by atoms with Crippen LogP contribution in [0.2, 0.25) is 0 Å². The van der Waals surface area contributed by atoms with Crippen molar-refractivity contribution in [3.63, 3.8) is 0 Å². The molecule has 1 heterocycles. The van der Waals surface area contributed by atoms with E-state index in [1.54, 1.807) is 34.7 Å². The van der Waals surface area contributed by atoms with E-state index < -0.39 is 0 Å². The lowest BCUT2D eigenvalue weighted by Crippen LogP contribution is -2.32. The molecule has 0 N–H and O–H groups in total. The molecule has 0 bridgehead atoms. The number of aromatic nitrogens is 2. The highest BCUT2D eigenvalue weighted by molar-refractivity contribution is 7.99. The van der Waals surface area contributed by atoms with Gasteiger partial charge in [0.1, 0.15) is 5.82 Å². The predicted molar refractivity (Wildman–Crippen MR) is 135 cm³/mol. The molecule has 0 saturated heterocycles. The summed E-state index contributed by atoms with van der Waals surface area (Å²) in [7, 11) is 1.73. The molecule has 1 amide bonds.